The molecule has 2 aromatic rings. The second-order valence-electron chi connectivity index (χ2n) is 9.16. The van der Waals surface area contributed by atoms with Crippen molar-refractivity contribution < 1.29 is 27.8 Å². The van der Waals surface area contributed by atoms with Crippen molar-refractivity contribution in [2.75, 3.05) is 52.8 Å². The number of hydrogen-bond acceptors (Lipinski definition) is 7. The highest BCUT2D eigenvalue weighted by atomic mass is 32.2. The largest absolute Gasteiger partial charge is 0.497 e. The summed E-state index contributed by atoms with van der Waals surface area (Å²) in [6.45, 7) is 3.92. The van der Waals surface area contributed by atoms with Crippen LogP contribution in [-0.4, -0.2) is 88.7 Å². The Bertz CT molecular complexity index is 1140. The van der Waals surface area contributed by atoms with E-state index in [1.807, 2.05) is 32.0 Å². The summed E-state index contributed by atoms with van der Waals surface area (Å²) in [5.41, 5.74) is 1.22. The quantitative estimate of drug-likeness (QED) is 0.588. The van der Waals surface area contributed by atoms with Gasteiger partial charge in [-0.25, -0.2) is 8.42 Å². The monoisotopic (exact) mass is 505 g/mol. The summed E-state index contributed by atoms with van der Waals surface area (Å²) in [5.74, 6) is 0.528. The van der Waals surface area contributed by atoms with Crippen molar-refractivity contribution in [2.24, 2.45) is 5.92 Å². The van der Waals surface area contributed by atoms with Gasteiger partial charge in [0.1, 0.15) is 17.6 Å². The minimum absolute atomic E-state index is 0.0833. The lowest BCUT2D eigenvalue weighted by molar-refractivity contribution is 0.0387. The van der Waals surface area contributed by atoms with Gasteiger partial charge in [-0.15, -0.1) is 0 Å². The Balaban J connectivity index is 1.95. The molecule has 0 unspecified atom stereocenters. The number of amides is 1. The molecule has 0 aliphatic carbocycles. The predicted molar refractivity (Wildman–Crippen MR) is 135 cm³/mol. The Morgan fingerprint density at radius 1 is 1.17 bits per heavy atom. The maximum absolute atomic E-state index is 13.4. The molecule has 3 rings (SSSR count). The average molecular weight is 506 g/mol. The number of carbonyl (C=O) groups excluding carboxylic acids is 1. The molecule has 1 amide bonds. The summed E-state index contributed by atoms with van der Waals surface area (Å²) < 4.78 is 39.2. The number of likely N-dealkylation sites (N-methyl/N-ethyl adjacent to an activating group) is 1. The second-order valence-corrected chi connectivity index (χ2v) is 11.2. The first-order valence-electron chi connectivity index (χ1n) is 11.5. The van der Waals surface area contributed by atoms with Gasteiger partial charge in [-0.3, -0.25) is 4.79 Å². The van der Waals surface area contributed by atoms with E-state index in [4.69, 9.17) is 9.47 Å². The highest BCUT2D eigenvalue weighted by Gasteiger charge is 2.35. The fourth-order valence-electron chi connectivity index (χ4n) is 3.99. The molecule has 1 N–H and O–H groups in total. The van der Waals surface area contributed by atoms with Crippen molar-refractivity contribution in [3.05, 3.63) is 48.0 Å². The van der Waals surface area contributed by atoms with E-state index >= 15 is 0 Å². The third-order valence-corrected chi connectivity index (χ3v) is 8.21. The number of nitrogens with zero attached hydrogens (tertiary/aromatic N) is 3. The van der Waals surface area contributed by atoms with Gasteiger partial charge in [-0.2, -0.15) is 4.31 Å². The molecule has 0 spiro atoms. The highest BCUT2D eigenvalue weighted by molar-refractivity contribution is 7.89. The number of sulfonamides is 1. The van der Waals surface area contributed by atoms with Crippen LogP contribution in [0.3, 0.4) is 0 Å². The Kier molecular flexibility index (Phi) is 8.30. The van der Waals surface area contributed by atoms with Crippen LogP contribution in [0.4, 0.5) is 5.69 Å². The number of anilines is 1. The maximum Gasteiger partial charge on any atom is 0.258 e. The number of hydrogen-bond donors (Lipinski definition) is 1. The zero-order valence-corrected chi connectivity index (χ0v) is 21.9. The lowest BCUT2D eigenvalue weighted by atomic mass is 9.99. The molecule has 1 aliphatic heterocycles. The van der Waals surface area contributed by atoms with Crippen LogP contribution >= 0.6 is 0 Å². The number of ether oxygens (including phenoxy) is 2. The summed E-state index contributed by atoms with van der Waals surface area (Å²) in [7, 11) is 3.03. The van der Waals surface area contributed by atoms with Gasteiger partial charge in [0.05, 0.1) is 36.8 Å². The first-order valence-corrected chi connectivity index (χ1v) is 12.9. The zero-order chi connectivity index (χ0) is 25.9. The van der Waals surface area contributed by atoms with Crippen LogP contribution in [0.2, 0.25) is 0 Å². The van der Waals surface area contributed by atoms with Crippen LogP contribution in [0.25, 0.3) is 0 Å². The molecular formula is C25H35N3O6S. The summed E-state index contributed by atoms with van der Waals surface area (Å²) >= 11 is 0. The molecule has 10 heteroatoms. The van der Waals surface area contributed by atoms with Gasteiger partial charge in [-0.05, 0) is 49.4 Å². The zero-order valence-electron chi connectivity index (χ0n) is 21.1. The maximum atomic E-state index is 13.4. The number of aliphatic hydroxyl groups excluding tert-OH is 1. The van der Waals surface area contributed by atoms with E-state index in [9.17, 15) is 18.3 Å². The lowest BCUT2D eigenvalue weighted by Crippen LogP contribution is -2.50. The second kappa shape index (κ2) is 10.8. The molecule has 1 aliphatic rings. The molecule has 192 valence electrons. The summed E-state index contributed by atoms with van der Waals surface area (Å²) in [4.78, 5) is 17.1. The number of methoxy groups -OCH3 is 1. The predicted octanol–water partition coefficient (Wildman–Crippen LogP) is 2.30. The molecule has 2 aromatic carbocycles. The van der Waals surface area contributed by atoms with Gasteiger partial charge < -0.3 is 24.4 Å². The third kappa shape index (κ3) is 5.71. The highest BCUT2D eigenvalue weighted by Crippen LogP contribution is 2.31. The molecular weight excluding hydrogens is 470 g/mol. The van der Waals surface area contributed by atoms with E-state index in [-0.39, 0.29) is 29.9 Å². The average Bonchev–Trinajstić information content (AvgIpc) is 2.85. The first kappa shape index (κ1) is 26.8. The molecule has 0 fully saturated rings. The molecule has 0 bridgehead atoms. The van der Waals surface area contributed by atoms with E-state index < -0.39 is 22.2 Å². The molecule has 0 aromatic heterocycles. The van der Waals surface area contributed by atoms with Gasteiger partial charge >= 0.3 is 0 Å². The molecule has 9 nitrogen and oxygen atoms in total. The van der Waals surface area contributed by atoms with Gasteiger partial charge in [0.25, 0.3) is 5.91 Å². The number of benzene rings is 2. The summed E-state index contributed by atoms with van der Waals surface area (Å²) in [6.07, 6.45) is -0.529. The molecule has 3 atom stereocenters. The van der Waals surface area contributed by atoms with Crippen LogP contribution in [0.15, 0.2) is 47.4 Å². The molecule has 35 heavy (non-hydrogen) atoms. The Morgan fingerprint density at radius 2 is 1.83 bits per heavy atom. The van der Waals surface area contributed by atoms with Crippen molar-refractivity contribution in [2.45, 2.75) is 30.9 Å². The van der Waals surface area contributed by atoms with Crippen molar-refractivity contribution in [3.63, 3.8) is 0 Å². The van der Waals surface area contributed by atoms with Crippen LogP contribution in [0.5, 0.6) is 11.5 Å². The Hall–Kier alpha value is -2.82. The topological polar surface area (TPSA) is 99.6 Å². The fourth-order valence-corrected chi connectivity index (χ4v) is 5.17. The molecule has 0 saturated heterocycles. The van der Waals surface area contributed by atoms with Crippen molar-refractivity contribution >= 4 is 21.6 Å². The molecule has 0 radical (unpaired) electrons. The minimum Gasteiger partial charge on any atom is -0.497 e. The molecule has 0 saturated carbocycles. The van der Waals surface area contributed by atoms with Crippen LogP contribution in [-0.2, 0) is 10.0 Å². The molecule has 1 heterocycles. The standard InChI is InChI=1S/C25H35N3O6S/c1-17-14-28(18(2)16-29)25(30)22-13-19(26(3)4)7-12-23(22)34-24(17)15-27(5)35(31,32)21-10-8-20(33-6)9-11-21/h7-13,17-18,24,29H,14-16H2,1-6H3/t17-,18+,24-/m1/s1. The smallest absolute Gasteiger partial charge is 0.258 e. The normalized spacial score (nSPS) is 19.4. The van der Waals surface area contributed by atoms with Crippen molar-refractivity contribution in [3.8, 4) is 11.5 Å². The number of carbonyl (C=O) groups is 1. The van der Waals surface area contributed by atoms with E-state index in [1.54, 1.807) is 36.1 Å². The Morgan fingerprint density at radius 3 is 2.40 bits per heavy atom. The van der Waals surface area contributed by atoms with Crippen LogP contribution in [0, 0.1) is 5.92 Å². The van der Waals surface area contributed by atoms with Crippen molar-refractivity contribution in [1.29, 1.82) is 0 Å². The van der Waals surface area contributed by atoms with E-state index in [1.165, 1.54) is 30.6 Å². The number of fused-ring (bicyclic) bond motifs is 1. The van der Waals surface area contributed by atoms with E-state index in [0.717, 1.165) is 5.69 Å². The van der Waals surface area contributed by atoms with Crippen molar-refractivity contribution in [1.82, 2.24) is 9.21 Å². The summed E-state index contributed by atoms with van der Waals surface area (Å²) in [6, 6.07) is 11.2. The lowest BCUT2D eigenvalue weighted by Gasteiger charge is -2.38. The SMILES string of the molecule is COc1ccc(S(=O)(=O)N(C)C[C@H]2Oc3ccc(N(C)C)cc3C(=O)N([C@@H](C)CO)C[C@H]2C)cc1. The third-order valence-electron chi connectivity index (χ3n) is 6.37. The van der Waals surface area contributed by atoms with Gasteiger partial charge in [0.15, 0.2) is 0 Å². The summed E-state index contributed by atoms with van der Waals surface area (Å²) in [5, 5.41) is 9.80. The van der Waals surface area contributed by atoms with Gasteiger partial charge in [0.2, 0.25) is 10.0 Å². The van der Waals surface area contributed by atoms with Crippen LogP contribution < -0.4 is 14.4 Å². The minimum atomic E-state index is -3.78. The fraction of sp³-hybridized carbons (Fsp3) is 0.480. The first-order chi connectivity index (χ1) is 16.5. The number of aliphatic hydroxyl groups is 1. The van der Waals surface area contributed by atoms with E-state index in [0.29, 0.717) is 23.6 Å². The van der Waals surface area contributed by atoms with Gasteiger partial charge in [0, 0.05) is 39.3 Å². The Labute approximate surface area is 207 Å². The number of rotatable bonds is 8. The van der Waals surface area contributed by atoms with E-state index in [2.05, 4.69) is 0 Å². The van der Waals surface area contributed by atoms with Gasteiger partial charge in [-0.1, -0.05) is 6.92 Å². The van der Waals surface area contributed by atoms with Crippen LogP contribution in [0.1, 0.15) is 24.2 Å².